The monoisotopic (exact) mass is 312 g/mol. The van der Waals surface area contributed by atoms with Gasteiger partial charge >= 0.3 is 0 Å². The number of nitrogens with two attached hydrogens (primary N) is 1. The second-order valence-electron chi connectivity index (χ2n) is 5.45. The van der Waals surface area contributed by atoms with Crippen LogP contribution in [0.1, 0.15) is 29.8 Å². The number of carbonyl (C=O) groups is 2. The van der Waals surface area contributed by atoms with Gasteiger partial charge in [0.05, 0.1) is 23.8 Å². The third-order valence-electron chi connectivity index (χ3n) is 3.13. The van der Waals surface area contributed by atoms with E-state index in [-0.39, 0.29) is 18.4 Å². The van der Waals surface area contributed by atoms with Crippen molar-refractivity contribution in [2.45, 2.75) is 26.4 Å². The molecular formula is C18H20N2O3. The molecule has 0 heterocycles. The Morgan fingerprint density at radius 3 is 2.35 bits per heavy atom. The zero-order chi connectivity index (χ0) is 16.8. The molecule has 0 radical (unpaired) electrons. The zero-order valence-electron chi connectivity index (χ0n) is 13.2. The van der Waals surface area contributed by atoms with Crippen LogP contribution in [0.2, 0.25) is 0 Å². The first kappa shape index (κ1) is 16.5. The number of anilines is 1. The maximum absolute atomic E-state index is 12.1. The molecule has 0 unspecified atom stereocenters. The molecule has 3 N–H and O–H groups in total. The number of benzene rings is 2. The van der Waals surface area contributed by atoms with Crippen molar-refractivity contribution in [2.24, 2.45) is 5.73 Å². The standard InChI is InChI=1S/C18H20N2O3/c1-12(2)23-14-9-7-13(8-10-14)11-17(21)20-16-6-4-3-5-15(16)18(19)22/h3-10,12H,11H2,1-2H3,(H2,19,22)(H,20,21). The van der Waals surface area contributed by atoms with Crippen LogP contribution in [0.4, 0.5) is 5.69 Å². The highest BCUT2D eigenvalue weighted by Crippen LogP contribution is 2.17. The van der Waals surface area contributed by atoms with Crippen LogP contribution < -0.4 is 15.8 Å². The molecule has 120 valence electrons. The molecule has 5 heteroatoms. The highest BCUT2D eigenvalue weighted by Gasteiger charge is 2.10. The smallest absolute Gasteiger partial charge is 0.250 e. The van der Waals surface area contributed by atoms with E-state index in [1.54, 1.807) is 24.3 Å². The summed E-state index contributed by atoms with van der Waals surface area (Å²) >= 11 is 0. The number of rotatable bonds is 6. The first-order valence-electron chi connectivity index (χ1n) is 7.40. The second kappa shape index (κ2) is 7.45. The van der Waals surface area contributed by atoms with E-state index in [4.69, 9.17) is 10.5 Å². The van der Waals surface area contributed by atoms with Gasteiger partial charge in [0, 0.05) is 0 Å². The van der Waals surface area contributed by atoms with Gasteiger partial charge < -0.3 is 15.8 Å². The number of hydrogen-bond acceptors (Lipinski definition) is 3. The van der Waals surface area contributed by atoms with E-state index in [0.717, 1.165) is 11.3 Å². The summed E-state index contributed by atoms with van der Waals surface area (Å²) in [4.78, 5) is 23.5. The van der Waals surface area contributed by atoms with E-state index in [1.807, 2.05) is 38.1 Å². The Balaban J connectivity index is 2.01. The summed E-state index contributed by atoms with van der Waals surface area (Å²) in [6, 6.07) is 14.0. The molecule has 0 aliphatic heterocycles. The largest absolute Gasteiger partial charge is 0.491 e. The molecule has 0 saturated carbocycles. The highest BCUT2D eigenvalue weighted by molar-refractivity contribution is 6.03. The zero-order valence-corrected chi connectivity index (χ0v) is 13.2. The van der Waals surface area contributed by atoms with Crippen molar-refractivity contribution in [2.75, 3.05) is 5.32 Å². The molecule has 0 aliphatic carbocycles. The summed E-state index contributed by atoms with van der Waals surface area (Å²) in [6.45, 7) is 3.91. The van der Waals surface area contributed by atoms with Crippen LogP contribution in [-0.4, -0.2) is 17.9 Å². The van der Waals surface area contributed by atoms with Crippen LogP contribution >= 0.6 is 0 Å². The quantitative estimate of drug-likeness (QED) is 0.860. The van der Waals surface area contributed by atoms with Crippen molar-refractivity contribution in [1.82, 2.24) is 0 Å². The lowest BCUT2D eigenvalue weighted by Gasteiger charge is -2.11. The van der Waals surface area contributed by atoms with Crippen molar-refractivity contribution in [3.05, 3.63) is 59.7 Å². The summed E-state index contributed by atoms with van der Waals surface area (Å²) in [7, 11) is 0. The Labute approximate surface area is 135 Å². The Bertz CT molecular complexity index is 694. The fraction of sp³-hybridized carbons (Fsp3) is 0.222. The summed E-state index contributed by atoms with van der Waals surface area (Å²) in [5.41, 5.74) is 6.87. The van der Waals surface area contributed by atoms with Gasteiger partial charge in [0.2, 0.25) is 5.91 Å². The van der Waals surface area contributed by atoms with Crippen LogP contribution in [-0.2, 0) is 11.2 Å². The van der Waals surface area contributed by atoms with Crippen LogP contribution in [0.3, 0.4) is 0 Å². The average molecular weight is 312 g/mol. The minimum absolute atomic E-state index is 0.106. The molecule has 0 saturated heterocycles. The van der Waals surface area contributed by atoms with E-state index in [0.29, 0.717) is 11.3 Å². The van der Waals surface area contributed by atoms with E-state index in [2.05, 4.69) is 5.32 Å². The van der Waals surface area contributed by atoms with Gasteiger partial charge in [0.15, 0.2) is 0 Å². The molecule has 0 spiro atoms. The molecular weight excluding hydrogens is 292 g/mol. The van der Waals surface area contributed by atoms with Gasteiger partial charge in [-0.05, 0) is 43.7 Å². The molecule has 0 atom stereocenters. The third-order valence-corrected chi connectivity index (χ3v) is 3.13. The Morgan fingerprint density at radius 2 is 1.74 bits per heavy atom. The van der Waals surface area contributed by atoms with Crippen molar-refractivity contribution in [1.29, 1.82) is 0 Å². The number of amides is 2. The minimum Gasteiger partial charge on any atom is -0.491 e. The first-order valence-corrected chi connectivity index (χ1v) is 7.40. The van der Waals surface area contributed by atoms with Crippen LogP contribution in [0.15, 0.2) is 48.5 Å². The lowest BCUT2D eigenvalue weighted by molar-refractivity contribution is -0.115. The highest BCUT2D eigenvalue weighted by atomic mass is 16.5. The lowest BCUT2D eigenvalue weighted by atomic mass is 10.1. The normalized spacial score (nSPS) is 10.4. The van der Waals surface area contributed by atoms with Crippen LogP contribution in [0.25, 0.3) is 0 Å². The van der Waals surface area contributed by atoms with Gasteiger partial charge in [-0.2, -0.15) is 0 Å². The fourth-order valence-electron chi connectivity index (χ4n) is 2.14. The molecule has 2 aromatic carbocycles. The third kappa shape index (κ3) is 4.85. The van der Waals surface area contributed by atoms with Crippen LogP contribution in [0, 0.1) is 0 Å². The molecule has 0 bridgehead atoms. The van der Waals surface area contributed by atoms with E-state index < -0.39 is 5.91 Å². The van der Waals surface area contributed by atoms with Gasteiger partial charge in [0.1, 0.15) is 5.75 Å². The van der Waals surface area contributed by atoms with Crippen molar-refractivity contribution in [3.8, 4) is 5.75 Å². The van der Waals surface area contributed by atoms with Crippen LogP contribution in [0.5, 0.6) is 5.75 Å². The molecule has 23 heavy (non-hydrogen) atoms. The number of primary amides is 1. The number of carbonyl (C=O) groups excluding carboxylic acids is 2. The molecule has 0 fully saturated rings. The first-order chi connectivity index (χ1) is 11.0. The Morgan fingerprint density at radius 1 is 1.09 bits per heavy atom. The van der Waals surface area contributed by atoms with Crippen molar-refractivity contribution in [3.63, 3.8) is 0 Å². The van der Waals surface area contributed by atoms with Gasteiger partial charge in [-0.3, -0.25) is 9.59 Å². The number of hydrogen-bond donors (Lipinski definition) is 2. The lowest BCUT2D eigenvalue weighted by Crippen LogP contribution is -2.19. The summed E-state index contributed by atoms with van der Waals surface area (Å²) in [6.07, 6.45) is 0.309. The van der Waals surface area contributed by atoms with Gasteiger partial charge in [-0.25, -0.2) is 0 Å². The maximum Gasteiger partial charge on any atom is 0.250 e. The van der Waals surface area contributed by atoms with Gasteiger partial charge in [-0.15, -0.1) is 0 Å². The molecule has 2 rings (SSSR count). The van der Waals surface area contributed by atoms with E-state index >= 15 is 0 Å². The molecule has 2 aromatic rings. The number of nitrogens with one attached hydrogen (secondary N) is 1. The molecule has 0 aliphatic rings. The number of ether oxygens (including phenoxy) is 1. The molecule has 2 amide bonds. The molecule has 5 nitrogen and oxygen atoms in total. The Hall–Kier alpha value is -2.82. The van der Waals surface area contributed by atoms with E-state index in [1.165, 1.54) is 0 Å². The predicted molar refractivity (Wildman–Crippen MR) is 89.5 cm³/mol. The SMILES string of the molecule is CC(C)Oc1ccc(CC(=O)Nc2ccccc2C(N)=O)cc1. The van der Waals surface area contributed by atoms with Crippen molar-refractivity contribution < 1.29 is 14.3 Å². The van der Waals surface area contributed by atoms with Gasteiger partial charge in [-0.1, -0.05) is 24.3 Å². The topological polar surface area (TPSA) is 81.4 Å². The second-order valence-corrected chi connectivity index (χ2v) is 5.45. The summed E-state index contributed by atoms with van der Waals surface area (Å²) < 4.78 is 5.56. The fourth-order valence-corrected chi connectivity index (χ4v) is 2.14. The van der Waals surface area contributed by atoms with Gasteiger partial charge in [0.25, 0.3) is 5.91 Å². The van der Waals surface area contributed by atoms with E-state index in [9.17, 15) is 9.59 Å². The number of para-hydroxylation sites is 1. The van der Waals surface area contributed by atoms with Crippen molar-refractivity contribution >= 4 is 17.5 Å². The Kier molecular flexibility index (Phi) is 5.36. The average Bonchev–Trinajstić information content (AvgIpc) is 2.49. The summed E-state index contributed by atoms with van der Waals surface area (Å²) in [5, 5.41) is 2.72. The maximum atomic E-state index is 12.1. The predicted octanol–water partition coefficient (Wildman–Crippen LogP) is 2.75. The molecule has 0 aromatic heterocycles. The minimum atomic E-state index is -0.573. The summed E-state index contributed by atoms with van der Waals surface area (Å²) in [5.74, 6) is -0.0180.